The van der Waals surface area contributed by atoms with Crippen LogP contribution < -0.4 is 10.8 Å². The molecule has 1 saturated carbocycles. The zero-order valence-corrected chi connectivity index (χ0v) is 20.2. The van der Waals surface area contributed by atoms with Crippen molar-refractivity contribution in [2.24, 2.45) is 0 Å². The van der Waals surface area contributed by atoms with Gasteiger partial charge in [0.25, 0.3) is 5.91 Å². The van der Waals surface area contributed by atoms with Crippen LogP contribution >= 0.6 is 0 Å². The molecule has 0 spiro atoms. The number of rotatable bonds is 6. The maximum absolute atomic E-state index is 12.3. The second kappa shape index (κ2) is 10.1. The molecule has 1 amide bonds. The van der Waals surface area contributed by atoms with Crippen molar-refractivity contribution in [3.05, 3.63) is 83.4 Å². The Morgan fingerprint density at radius 1 is 0.970 bits per heavy atom. The fraction of sp³-hybridized carbons (Fsp3) is 0.414. The van der Waals surface area contributed by atoms with Gasteiger partial charge in [-0.05, 0) is 86.9 Å². The molecule has 0 bridgehead atoms. The topological polar surface area (TPSA) is 50.4 Å². The molecule has 3 atom stereocenters. The predicted octanol–water partition coefficient (Wildman–Crippen LogP) is 6.68. The van der Waals surface area contributed by atoms with Gasteiger partial charge < -0.3 is 5.32 Å². The van der Waals surface area contributed by atoms with Gasteiger partial charge in [-0.3, -0.25) is 9.63 Å². The Kier molecular flexibility index (Phi) is 7.16. The van der Waals surface area contributed by atoms with Crippen LogP contribution in [0.25, 0.3) is 10.8 Å². The third-order valence-corrected chi connectivity index (χ3v) is 6.54. The van der Waals surface area contributed by atoms with Gasteiger partial charge in [0.2, 0.25) is 0 Å². The van der Waals surface area contributed by atoms with Crippen LogP contribution in [0.1, 0.15) is 86.8 Å². The van der Waals surface area contributed by atoms with Crippen molar-refractivity contribution < 1.29 is 9.63 Å². The number of hydroxylamine groups is 1. The Labute approximate surface area is 197 Å². The number of benzene rings is 3. The summed E-state index contributed by atoms with van der Waals surface area (Å²) in [5.41, 5.74) is 5.43. The molecule has 2 N–H and O–H groups in total. The highest BCUT2D eigenvalue weighted by molar-refractivity contribution is 5.93. The second-order valence-electron chi connectivity index (χ2n) is 10.3. The van der Waals surface area contributed by atoms with Crippen molar-refractivity contribution in [2.45, 2.75) is 77.0 Å². The van der Waals surface area contributed by atoms with E-state index in [1.807, 2.05) is 32.9 Å². The molecular weight excluding hydrogens is 408 g/mol. The molecular formula is C29H36N2O2. The summed E-state index contributed by atoms with van der Waals surface area (Å²) in [5, 5.41) is 6.53. The summed E-state index contributed by atoms with van der Waals surface area (Å²) < 4.78 is 0. The van der Waals surface area contributed by atoms with Crippen molar-refractivity contribution in [3.8, 4) is 0 Å². The summed E-state index contributed by atoms with van der Waals surface area (Å²) in [6.07, 6.45) is 4.73. The van der Waals surface area contributed by atoms with Gasteiger partial charge in [-0.25, -0.2) is 5.48 Å². The van der Waals surface area contributed by atoms with E-state index >= 15 is 0 Å². The van der Waals surface area contributed by atoms with E-state index < -0.39 is 5.60 Å². The molecule has 0 unspecified atom stereocenters. The van der Waals surface area contributed by atoms with Crippen LogP contribution in [0.15, 0.2) is 66.7 Å². The summed E-state index contributed by atoms with van der Waals surface area (Å²) in [6.45, 7) is 8.00. The first-order valence-corrected chi connectivity index (χ1v) is 12.1. The van der Waals surface area contributed by atoms with Crippen LogP contribution in [0.4, 0.5) is 0 Å². The van der Waals surface area contributed by atoms with E-state index in [1.54, 1.807) is 0 Å². The number of carbonyl (C=O) groups excluding carboxylic acids is 1. The smallest absolute Gasteiger partial charge is 0.274 e. The summed E-state index contributed by atoms with van der Waals surface area (Å²) >= 11 is 0. The largest absolute Gasteiger partial charge is 0.307 e. The molecule has 174 valence electrons. The molecule has 0 heterocycles. The first-order chi connectivity index (χ1) is 15.8. The Bertz CT molecular complexity index is 1080. The third kappa shape index (κ3) is 6.01. The minimum atomic E-state index is -0.414. The van der Waals surface area contributed by atoms with E-state index in [4.69, 9.17) is 4.84 Å². The number of fused-ring (bicyclic) bond motifs is 1. The molecule has 1 aliphatic rings. The number of amides is 1. The third-order valence-electron chi connectivity index (χ3n) is 6.54. The molecule has 0 radical (unpaired) electrons. The zero-order chi connectivity index (χ0) is 23.4. The van der Waals surface area contributed by atoms with E-state index in [0.29, 0.717) is 23.6 Å². The second-order valence-corrected chi connectivity index (χ2v) is 10.3. The number of hydrogen-bond donors (Lipinski definition) is 2. The van der Waals surface area contributed by atoms with Crippen molar-refractivity contribution in [1.82, 2.24) is 10.8 Å². The molecule has 0 aromatic heterocycles. The molecule has 33 heavy (non-hydrogen) atoms. The van der Waals surface area contributed by atoms with Gasteiger partial charge in [0.1, 0.15) is 0 Å². The van der Waals surface area contributed by atoms with Crippen molar-refractivity contribution in [3.63, 3.8) is 0 Å². The molecule has 3 aromatic carbocycles. The average molecular weight is 445 g/mol. The Morgan fingerprint density at radius 2 is 1.70 bits per heavy atom. The Morgan fingerprint density at radius 3 is 2.45 bits per heavy atom. The quantitative estimate of drug-likeness (QED) is 0.417. The normalized spacial score (nSPS) is 19.9. The van der Waals surface area contributed by atoms with E-state index in [-0.39, 0.29) is 5.91 Å². The number of hydrogen-bond acceptors (Lipinski definition) is 3. The minimum absolute atomic E-state index is 0.205. The Hall–Kier alpha value is -2.69. The zero-order valence-electron chi connectivity index (χ0n) is 20.2. The van der Waals surface area contributed by atoms with Crippen molar-refractivity contribution >= 4 is 16.7 Å². The van der Waals surface area contributed by atoms with Gasteiger partial charge in [-0.1, -0.05) is 61.0 Å². The highest BCUT2D eigenvalue weighted by Gasteiger charge is 2.25. The van der Waals surface area contributed by atoms with Crippen LogP contribution in [-0.4, -0.2) is 17.6 Å². The van der Waals surface area contributed by atoms with E-state index in [2.05, 4.69) is 72.3 Å². The van der Waals surface area contributed by atoms with Gasteiger partial charge in [-0.2, -0.15) is 0 Å². The number of carbonyl (C=O) groups is 1. The Balaban J connectivity index is 1.38. The maximum Gasteiger partial charge on any atom is 0.274 e. The minimum Gasteiger partial charge on any atom is -0.307 e. The molecule has 3 aromatic rings. The highest BCUT2D eigenvalue weighted by Crippen LogP contribution is 2.34. The van der Waals surface area contributed by atoms with Crippen molar-refractivity contribution in [1.29, 1.82) is 0 Å². The lowest BCUT2D eigenvalue weighted by Gasteiger charge is -2.32. The molecule has 1 aliphatic carbocycles. The van der Waals surface area contributed by atoms with Crippen LogP contribution in [-0.2, 0) is 4.84 Å². The fourth-order valence-electron chi connectivity index (χ4n) is 4.88. The summed E-state index contributed by atoms with van der Waals surface area (Å²) in [7, 11) is 0. The van der Waals surface area contributed by atoms with Crippen LogP contribution in [0.3, 0.4) is 0 Å². The van der Waals surface area contributed by atoms with E-state index in [9.17, 15) is 4.79 Å². The first-order valence-electron chi connectivity index (χ1n) is 12.1. The highest BCUT2D eigenvalue weighted by atomic mass is 16.7. The lowest BCUT2D eigenvalue weighted by atomic mass is 9.80. The van der Waals surface area contributed by atoms with Gasteiger partial charge in [0.15, 0.2) is 0 Å². The monoisotopic (exact) mass is 444 g/mol. The molecule has 0 saturated heterocycles. The number of nitrogens with one attached hydrogen (secondary N) is 2. The summed E-state index contributed by atoms with van der Waals surface area (Å²) in [4.78, 5) is 17.7. The molecule has 1 fully saturated rings. The lowest BCUT2D eigenvalue weighted by molar-refractivity contribution is -0.0589. The standard InChI is InChI=1S/C29H36N2O2/c1-20(26-14-8-10-22-9-5-6-13-27(22)26)30-25-12-7-11-24(19-25)21-15-17-23(18-16-21)28(32)31-33-29(2,3)4/h5-6,8-10,13-18,20,24-25,30H,7,11-12,19H2,1-4H3,(H,31,32)/t20-,24+,25+/m1/s1. The maximum atomic E-state index is 12.3. The summed E-state index contributed by atoms with van der Waals surface area (Å²) in [6, 6.07) is 24.0. The van der Waals surface area contributed by atoms with Gasteiger partial charge >= 0.3 is 0 Å². The molecule has 4 heteroatoms. The fourth-order valence-corrected chi connectivity index (χ4v) is 4.88. The van der Waals surface area contributed by atoms with E-state index in [0.717, 1.165) is 6.42 Å². The molecule has 4 nitrogen and oxygen atoms in total. The van der Waals surface area contributed by atoms with Crippen LogP contribution in [0, 0.1) is 0 Å². The van der Waals surface area contributed by atoms with Gasteiger partial charge in [0, 0.05) is 17.6 Å². The molecule has 4 rings (SSSR count). The SMILES string of the molecule is C[C@@H](N[C@H]1CCC[C@H](c2ccc(C(=O)NOC(C)(C)C)cc2)C1)c1cccc2ccccc12. The van der Waals surface area contributed by atoms with Gasteiger partial charge in [-0.15, -0.1) is 0 Å². The van der Waals surface area contributed by atoms with Crippen LogP contribution in [0.2, 0.25) is 0 Å². The predicted molar refractivity (Wildman–Crippen MR) is 135 cm³/mol. The average Bonchev–Trinajstić information content (AvgIpc) is 2.82. The van der Waals surface area contributed by atoms with E-state index in [1.165, 1.54) is 41.2 Å². The van der Waals surface area contributed by atoms with Crippen LogP contribution in [0.5, 0.6) is 0 Å². The summed E-state index contributed by atoms with van der Waals surface area (Å²) in [5.74, 6) is 0.308. The van der Waals surface area contributed by atoms with Gasteiger partial charge in [0.05, 0.1) is 5.60 Å². The lowest BCUT2D eigenvalue weighted by Crippen LogP contribution is -2.35. The first kappa shape index (κ1) is 23.5. The molecule has 0 aliphatic heterocycles. The van der Waals surface area contributed by atoms with Crippen molar-refractivity contribution in [2.75, 3.05) is 0 Å².